The van der Waals surface area contributed by atoms with Crippen LogP contribution in [0, 0.1) is 0 Å². The molecule has 4 aromatic rings. The van der Waals surface area contributed by atoms with Crippen molar-refractivity contribution in [3.8, 4) is 0 Å². The van der Waals surface area contributed by atoms with Crippen LogP contribution in [-0.4, -0.2) is 25.7 Å². The van der Waals surface area contributed by atoms with Crippen LogP contribution in [0.2, 0.25) is 15.1 Å². The standard InChI is InChI=1S/C23H17Cl3N4O3S2/c24-14-3-1-13(2-4-14)21-10-16(29-30(21)20-8-5-15(25)9-18(20)26)12-27-35(32,33)17-6-7-19-22(11-17)34-23(31)28-19/h1-9,11,21,27H,10,12H2,(H,28,31). The molecule has 7 nitrogen and oxygen atoms in total. The van der Waals surface area contributed by atoms with Gasteiger partial charge in [0.05, 0.1) is 44.1 Å². The van der Waals surface area contributed by atoms with Crippen molar-refractivity contribution in [3.05, 3.63) is 91.0 Å². The number of nitrogens with zero attached hydrogens (tertiary/aromatic N) is 2. The first-order valence-corrected chi connectivity index (χ1v) is 13.8. The average molecular weight is 568 g/mol. The van der Waals surface area contributed by atoms with Crippen molar-refractivity contribution >= 4 is 77.8 Å². The number of aromatic amines is 1. The quantitative estimate of drug-likeness (QED) is 0.306. The molecule has 3 aromatic carbocycles. The van der Waals surface area contributed by atoms with Gasteiger partial charge in [0.2, 0.25) is 10.0 Å². The van der Waals surface area contributed by atoms with E-state index in [2.05, 4.69) is 9.71 Å². The third-order valence-corrected chi connectivity index (χ3v) is 8.59. The second kappa shape index (κ2) is 9.57. The fraction of sp³-hybridized carbons (Fsp3) is 0.130. The first-order valence-electron chi connectivity index (χ1n) is 10.4. The Hall–Kier alpha value is -2.40. The molecule has 0 saturated heterocycles. The second-order valence-electron chi connectivity index (χ2n) is 7.88. The van der Waals surface area contributed by atoms with Crippen LogP contribution in [0.4, 0.5) is 5.69 Å². The second-order valence-corrected chi connectivity index (χ2v) is 11.9. The highest BCUT2D eigenvalue weighted by Crippen LogP contribution is 2.39. The van der Waals surface area contributed by atoms with Crippen molar-refractivity contribution < 1.29 is 8.42 Å². The highest BCUT2D eigenvalue weighted by molar-refractivity contribution is 7.89. The lowest BCUT2D eigenvalue weighted by atomic mass is 10.0. The normalized spacial score (nSPS) is 16.1. The molecule has 5 rings (SSSR count). The summed E-state index contributed by atoms with van der Waals surface area (Å²) < 4.78 is 29.1. The van der Waals surface area contributed by atoms with Crippen molar-refractivity contribution in [2.45, 2.75) is 17.4 Å². The molecule has 12 heteroatoms. The molecule has 1 unspecified atom stereocenters. The van der Waals surface area contributed by atoms with Crippen LogP contribution >= 0.6 is 46.1 Å². The van der Waals surface area contributed by atoms with Crippen LogP contribution in [0.5, 0.6) is 0 Å². The van der Waals surface area contributed by atoms with Crippen LogP contribution in [0.25, 0.3) is 10.2 Å². The molecular formula is C23H17Cl3N4O3S2. The molecule has 1 aliphatic heterocycles. The first kappa shape index (κ1) is 24.3. The number of anilines is 1. The van der Waals surface area contributed by atoms with E-state index < -0.39 is 10.0 Å². The minimum atomic E-state index is -3.83. The van der Waals surface area contributed by atoms with Gasteiger partial charge in [0.1, 0.15) is 0 Å². The van der Waals surface area contributed by atoms with E-state index in [1.807, 2.05) is 12.1 Å². The Morgan fingerprint density at radius 1 is 1.03 bits per heavy atom. The maximum atomic E-state index is 13.0. The van der Waals surface area contributed by atoms with E-state index >= 15 is 0 Å². The molecule has 1 aliphatic rings. The van der Waals surface area contributed by atoms with E-state index in [9.17, 15) is 13.2 Å². The van der Waals surface area contributed by atoms with Gasteiger partial charge in [0.25, 0.3) is 0 Å². The molecule has 0 amide bonds. The van der Waals surface area contributed by atoms with E-state index in [1.54, 1.807) is 41.4 Å². The lowest BCUT2D eigenvalue weighted by Crippen LogP contribution is -2.29. The van der Waals surface area contributed by atoms with Crippen molar-refractivity contribution in [1.82, 2.24) is 9.71 Å². The number of fused-ring (bicyclic) bond motifs is 1. The van der Waals surface area contributed by atoms with Crippen LogP contribution in [0.3, 0.4) is 0 Å². The zero-order valence-electron chi connectivity index (χ0n) is 17.8. The van der Waals surface area contributed by atoms with Gasteiger partial charge in [0, 0.05) is 16.5 Å². The maximum absolute atomic E-state index is 13.0. The van der Waals surface area contributed by atoms with E-state index in [0.29, 0.717) is 43.1 Å². The van der Waals surface area contributed by atoms with Crippen LogP contribution in [0.1, 0.15) is 18.0 Å². The number of hydrogen-bond acceptors (Lipinski definition) is 6. The summed E-state index contributed by atoms with van der Waals surface area (Å²) in [5.41, 5.74) is 2.84. The third kappa shape index (κ3) is 5.11. The summed E-state index contributed by atoms with van der Waals surface area (Å²) in [5.74, 6) is 0. The molecule has 2 heterocycles. The molecule has 0 spiro atoms. The molecule has 0 bridgehead atoms. The number of hydrazone groups is 1. The summed E-state index contributed by atoms with van der Waals surface area (Å²) in [7, 11) is -3.83. The SMILES string of the molecule is O=c1[nH]c2ccc(S(=O)(=O)NCC3=NN(c4ccc(Cl)cc4Cl)C(c4ccc(Cl)cc4)C3)cc2s1. The monoisotopic (exact) mass is 566 g/mol. The van der Waals surface area contributed by atoms with Gasteiger partial charge in [-0.15, -0.1) is 0 Å². The Morgan fingerprint density at radius 3 is 2.51 bits per heavy atom. The lowest BCUT2D eigenvalue weighted by molar-refractivity contribution is 0.586. The molecule has 180 valence electrons. The minimum Gasteiger partial charge on any atom is -0.312 e. The van der Waals surface area contributed by atoms with E-state index in [1.165, 1.54) is 12.1 Å². The topological polar surface area (TPSA) is 94.6 Å². The van der Waals surface area contributed by atoms with E-state index in [-0.39, 0.29) is 22.4 Å². The number of halogens is 3. The number of H-pyrrole nitrogens is 1. The summed E-state index contributed by atoms with van der Waals surface area (Å²) in [6, 6.07) is 16.9. The van der Waals surface area contributed by atoms with Gasteiger partial charge in [-0.3, -0.25) is 9.80 Å². The number of benzene rings is 3. The molecule has 35 heavy (non-hydrogen) atoms. The molecule has 2 N–H and O–H groups in total. The van der Waals surface area contributed by atoms with Crippen LogP contribution in [0.15, 0.2) is 75.5 Å². The van der Waals surface area contributed by atoms with Gasteiger partial charge in [-0.2, -0.15) is 5.10 Å². The predicted molar refractivity (Wildman–Crippen MR) is 143 cm³/mol. The molecule has 0 fully saturated rings. The highest BCUT2D eigenvalue weighted by Gasteiger charge is 2.31. The Bertz CT molecular complexity index is 1620. The molecule has 1 aromatic heterocycles. The maximum Gasteiger partial charge on any atom is 0.305 e. The summed E-state index contributed by atoms with van der Waals surface area (Å²) >= 11 is 19.6. The number of thiazole rings is 1. The fourth-order valence-electron chi connectivity index (χ4n) is 3.87. The fourth-order valence-corrected chi connectivity index (χ4v) is 6.38. The summed E-state index contributed by atoms with van der Waals surface area (Å²) in [5, 5.41) is 8.02. The van der Waals surface area contributed by atoms with Gasteiger partial charge in [-0.25, -0.2) is 13.1 Å². The largest absolute Gasteiger partial charge is 0.312 e. The van der Waals surface area contributed by atoms with Gasteiger partial charge in [-0.05, 0) is 54.1 Å². The van der Waals surface area contributed by atoms with Crippen molar-refractivity contribution in [3.63, 3.8) is 0 Å². The highest BCUT2D eigenvalue weighted by atomic mass is 35.5. The minimum absolute atomic E-state index is 0.00946. The van der Waals surface area contributed by atoms with Crippen molar-refractivity contribution in [2.24, 2.45) is 5.10 Å². The van der Waals surface area contributed by atoms with Gasteiger partial charge >= 0.3 is 4.87 Å². The number of nitrogens with one attached hydrogen (secondary N) is 2. The summed E-state index contributed by atoms with van der Waals surface area (Å²) in [4.78, 5) is 14.1. The number of aromatic nitrogens is 1. The van der Waals surface area contributed by atoms with Crippen molar-refractivity contribution in [2.75, 3.05) is 11.6 Å². The zero-order chi connectivity index (χ0) is 24.7. The first-order chi connectivity index (χ1) is 16.7. The van der Waals surface area contributed by atoms with Gasteiger partial charge < -0.3 is 4.98 Å². The molecular weight excluding hydrogens is 551 g/mol. The summed E-state index contributed by atoms with van der Waals surface area (Å²) in [6.07, 6.45) is 0.474. The number of hydrogen-bond donors (Lipinski definition) is 2. The van der Waals surface area contributed by atoms with E-state index in [0.717, 1.165) is 16.9 Å². The average Bonchev–Trinajstić information content (AvgIpc) is 3.40. The Labute approximate surface area is 220 Å². The number of rotatable bonds is 6. The molecule has 1 atom stereocenters. The smallest absolute Gasteiger partial charge is 0.305 e. The third-order valence-electron chi connectivity index (χ3n) is 5.55. The van der Waals surface area contributed by atoms with Crippen molar-refractivity contribution in [1.29, 1.82) is 0 Å². The van der Waals surface area contributed by atoms with E-state index in [4.69, 9.17) is 39.9 Å². The molecule has 0 aliphatic carbocycles. The molecule has 0 radical (unpaired) electrons. The summed E-state index contributed by atoms with van der Waals surface area (Å²) in [6.45, 7) is 0.00946. The predicted octanol–water partition coefficient (Wildman–Crippen LogP) is 5.84. The van der Waals surface area contributed by atoms with Gasteiger partial charge in [0.15, 0.2) is 0 Å². The number of sulfonamides is 1. The lowest BCUT2D eigenvalue weighted by Gasteiger charge is -2.25. The Morgan fingerprint density at radius 2 is 1.77 bits per heavy atom. The van der Waals surface area contributed by atoms with Crippen LogP contribution < -0.4 is 14.6 Å². The zero-order valence-corrected chi connectivity index (χ0v) is 21.7. The Kier molecular flexibility index (Phi) is 6.65. The van der Waals surface area contributed by atoms with Crippen LogP contribution in [-0.2, 0) is 10.0 Å². The van der Waals surface area contributed by atoms with Gasteiger partial charge in [-0.1, -0.05) is 58.3 Å². The Balaban J connectivity index is 1.42. The molecule has 0 saturated carbocycles.